The molecule has 0 bridgehead atoms. The predicted molar refractivity (Wildman–Crippen MR) is 139 cm³/mol. The molecule has 0 aliphatic heterocycles. The molecule has 3 heterocycles. The normalized spacial score (nSPS) is 10.6. The molecule has 36 heavy (non-hydrogen) atoms. The molecule has 1 N–H and O–H groups in total. The molecule has 3 aromatic heterocycles. The molecule has 5 rings (SSSR count). The second-order valence-corrected chi connectivity index (χ2v) is 8.41. The fourth-order valence-electron chi connectivity index (χ4n) is 3.61. The van der Waals surface area contributed by atoms with Gasteiger partial charge in [0.15, 0.2) is 5.82 Å². The number of nitrogens with one attached hydrogen (secondary N) is 1. The summed E-state index contributed by atoms with van der Waals surface area (Å²) < 4.78 is 1.72. The Hall–Kier alpha value is -5.10. The molecule has 0 amide bonds. The topological polar surface area (TPSA) is 108 Å². The Morgan fingerprint density at radius 2 is 1.75 bits per heavy atom. The summed E-state index contributed by atoms with van der Waals surface area (Å²) in [5.41, 5.74) is 6.61. The molecule has 0 saturated heterocycles. The van der Waals surface area contributed by atoms with Gasteiger partial charge < -0.3 is 10.2 Å². The lowest BCUT2D eigenvalue weighted by atomic mass is 10.1. The van der Waals surface area contributed by atoms with Crippen molar-refractivity contribution in [1.82, 2.24) is 29.7 Å². The molecule has 176 valence electrons. The zero-order chi connectivity index (χ0) is 25.1. The van der Waals surface area contributed by atoms with Gasteiger partial charge in [-0.2, -0.15) is 5.26 Å². The standard InChI is InChI=1S/C27H23N9/c1-18-4-5-20(16-30-18)26-31-17-36(34-26)23-8-6-22(7-9-23)32-27-29-11-10-25(33-27)21-12-19(15-28)13-24(14-21)35(2)3/h4-14,16-17H,1-3H3,(H,29,32,33). The predicted octanol–water partition coefficient (Wildman–Crippen LogP) is 4.78. The molecule has 2 aromatic carbocycles. The second-order valence-electron chi connectivity index (χ2n) is 8.41. The molecule has 0 radical (unpaired) electrons. The van der Waals surface area contributed by atoms with E-state index in [1.54, 1.807) is 23.4 Å². The minimum atomic E-state index is 0.462. The maximum atomic E-state index is 9.41. The molecule has 9 nitrogen and oxygen atoms in total. The van der Waals surface area contributed by atoms with Gasteiger partial charge >= 0.3 is 0 Å². The van der Waals surface area contributed by atoms with E-state index < -0.39 is 0 Å². The maximum absolute atomic E-state index is 9.41. The zero-order valence-corrected chi connectivity index (χ0v) is 20.1. The number of hydrogen-bond donors (Lipinski definition) is 1. The molecule has 0 fully saturated rings. The summed E-state index contributed by atoms with van der Waals surface area (Å²) in [6.45, 7) is 1.94. The minimum absolute atomic E-state index is 0.462. The van der Waals surface area contributed by atoms with E-state index in [0.717, 1.165) is 39.6 Å². The van der Waals surface area contributed by atoms with E-state index in [1.165, 1.54) is 0 Å². The fourth-order valence-corrected chi connectivity index (χ4v) is 3.61. The fraction of sp³-hybridized carbons (Fsp3) is 0.111. The molecule has 0 saturated carbocycles. The molecule has 9 heteroatoms. The summed E-state index contributed by atoms with van der Waals surface area (Å²) in [4.78, 5) is 19.7. The van der Waals surface area contributed by atoms with Gasteiger partial charge in [0.2, 0.25) is 5.95 Å². The lowest BCUT2D eigenvalue weighted by Crippen LogP contribution is -2.09. The van der Waals surface area contributed by atoms with Crippen LogP contribution in [0.15, 0.2) is 79.4 Å². The van der Waals surface area contributed by atoms with Crippen LogP contribution in [0.3, 0.4) is 0 Å². The van der Waals surface area contributed by atoms with Crippen LogP contribution in [-0.4, -0.2) is 43.8 Å². The smallest absolute Gasteiger partial charge is 0.227 e. The SMILES string of the molecule is Cc1ccc(-c2ncn(-c3ccc(Nc4nccc(-c5cc(C#N)cc(N(C)C)c5)n4)cc3)n2)cn1. The van der Waals surface area contributed by atoms with Crippen LogP contribution in [0.4, 0.5) is 17.3 Å². The number of aryl methyl sites for hydroxylation is 1. The third-order valence-electron chi connectivity index (χ3n) is 5.56. The largest absolute Gasteiger partial charge is 0.378 e. The summed E-state index contributed by atoms with van der Waals surface area (Å²) in [6, 6.07) is 21.4. The molecule has 0 atom stereocenters. The first kappa shape index (κ1) is 22.7. The van der Waals surface area contributed by atoms with Crippen LogP contribution >= 0.6 is 0 Å². The lowest BCUT2D eigenvalue weighted by Gasteiger charge is -2.14. The van der Waals surface area contributed by atoms with E-state index in [-0.39, 0.29) is 0 Å². The van der Waals surface area contributed by atoms with Crippen LogP contribution in [0.5, 0.6) is 0 Å². The number of nitrogens with zero attached hydrogens (tertiary/aromatic N) is 8. The first-order valence-electron chi connectivity index (χ1n) is 11.3. The maximum Gasteiger partial charge on any atom is 0.227 e. The van der Waals surface area contributed by atoms with Gasteiger partial charge in [-0.3, -0.25) is 4.98 Å². The zero-order valence-electron chi connectivity index (χ0n) is 20.1. The van der Waals surface area contributed by atoms with Gasteiger partial charge in [0, 0.05) is 54.7 Å². The van der Waals surface area contributed by atoms with Crippen molar-refractivity contribution in [2.45, 2.75) is 6.92 Å². The van der Waals surface area contributed by atoms with Crippen LogP contribution in [0, 0.1) is 18.3 Å². The summed E-state index contributed by atoms with van der Waals surface area (Å²) in [5.74, 6) is 1.08. The minimum Gasteiger partial charge on any atom is -0.378 e. The Balaban J connectivity index is 1.34. The highest BCUT2D eigenvalue weighted by molar-refractivity contribution is 5.69. The van der Waals surface area contributed by atoms with Crippen LogP contribution in [0.1, 0.15) is 11.3 Å². The second kappa shape index (κ2) is 9.64. The van der Waals surface area contributed by atoms with E-state index in [1.807, 2.05) is 86.6 Å². The Kier molecular flexibility index (Phi) is 6.07. The van der Waals surface area contributed by atoms with Crippen LogP contribution in [-0.2, 0) is 0 Å². The highest BCUT2D eigenvalue weighted by atomic mass is 15.3. The molecule has 0 unspecified atom stereocenters. The van der Waals surface area contributed by atoms with Gasteiger partial charge in [-0.05, 0) is 67.6 Å². The van der Waals surface area contributed by atoms with Crippen molar-refractivity contribution in [3.8, 4) is 34.4 Å². The van der Waals surface area contributed by atoms with Gasteiger partial charge in [0.05, 0.1) is 23.0 Å². The van der Waals surface area contributed by atoms with Crippen molar-refractivity contribution in [1.29, 1.82) is 5.26 Å². The first-order valence-corrected chi connectivity index (χ1v) is 11.3. The average molecular weight is 474 g/mol. The average Bonchev–Trinajstić information content (AvgIpc) is 3.40. The van der Waals surface area contributed by atoms with Crippen molar-refractivity contribution >= 4 is 17.3 Å². The van der Waals surface area contributed by atoms with Crippen LogP contribution in [0.2, 0.25) is 0 Å². The summed E-state index contributed by atoms with van der Waals surface area (Å²) in [7, 11) is 3.88. The summed E-state index contributed by atoms with van der Waals surface area (Å²) in [6.07, 6.45) is 5.15. The quantitative estimate of drug-likeness (QED) is 0.375. The van der Waals surface area contributed by atoms with E-state index >= 15 is 0 Å². The highest BCUT2D eigenvalue weighted by Gasteiger charge is 2.09. The highest BCUT2D eigenvalue weighted by Crippen LogP contribution is 2.26. The van der Waals surface area contributed by atoms with Gasteiger partial charge in [-0.25, -0.2) is 19.6 Å². The van der Waals surface area contributed by atoms with E-state index in [9.17, 15) is 5.26 Å². The number of aromatic nitrogens is 6. The number of anilines is 3. The van der Waals surface area contributed by atoms with Crippen molar-refractivity contribution in [2.24, 2.45) is 0 Å². The molecular weight excluding hydrogens is 450 g/mol. The van der Waals surface area contributed by atoms with E-state index in [4.69, 9.17) is 0 Å². The Morgan fingerprint density at radius 1 is 0.917 bits per heavy atom. The van der Waals surface area contributed by atoms with Crippen molar-refractivity contribution in [3.05, 3.63) is 90.6 Å². The lowest BCUT2D eigenvalue weighted by molar-refractivity contribution is 0.882. The van der Waals surface area contributed by atoms with Gasteiger partial charge in [0.25, 0.3) is 0 Å². The van der Waals surface area contributed by atoms with Gasteiger partial charge in [0.1, 0.15) is 6.33 Å². The molecule has 5 aromatic rings. The van der Waals surface area contributed by atoms with Gasteiger partial charge in [-0.1, -0.05) is 0 Å². The third kappa shape index (κ3) is 4.88. The molecule has 0 aliphatic rings. The Labute approximate surface area is 208 Å². The summed E-state index contributed by atoms with van der Waals surface area (Å²) >= 11 is 0. The van der Waals surface area contributed by atoms with Crippen LogP contribution in [0.25, 0.3) is 28.3 Å². The van der Waals surface area contributed by atoms with Crippen molar-refractivity contribution in [2.75, 3.05) is 24.3 Å². The van der Waals surface area contributed by atoms with Crippen LogP contribution < -0.4 is 10.2 Å². The Bertz CT molecular complexity index is 1550. The van der Waals surface area contributed by atoms with Gasteiger partial charge in [-0.15, -0.1) is 5.10 Å². The number of pyridine rings is 1. The number of rotatable bonds is 6. The van der Waals surface area contributed by atoms with Crippen molar-refractivity contribution in [3.63, 3.8) is 0 Å². The third-order valence-corrected chi connectivity index (χ3v) is 5.56. The summed E-state index contributed by atoms with van der Waals surface area (Å²) in [5, 5.41) is 17.2. The van der Waals surface area contributed by atoms with E-state index in [2.05, 4.69) is 36.4 Å². The number of benzene rings is 2. The molecule has 0 aliphatic carbocycles. The number of nitriles is 1. The Morgan fingerprint density at radius 3 is 2.47 bits per heavy atom. The molecular formula is C27H23N9. The van der Waals surface area contributed by atoms with Crippen molar-refractivity contribution < 1.29 is 0 Å². The van der Waals surface area contributed by atoms with E-state index in [0.29, 0.717) is 17.3 Å². The first-order chi connectivity index (χ1) is 17.5. The number of hydrogen-bond acceptors (Lipinski definition) is 8. The monoisotopic (exact) mass is 473 g/mol. The molecule has 0 spiro atoms.